The molecule has 0 aliphatic rings. The molecule has 0 radical (unpaired) electrons. The fraction of sp³-hybridized carbons (Fsp3) is 0.238. The molecule has 2 aromatic carbocycles. The maximum Gasteiger partial charge on any atom is 0.306 e. The van der Waals surface area contributed by atoms with Gasteiger partial charge < -0.3 is 15.8 Å². The van der Waals surface area contributed by atoms with Crippen LogP contribution in [0.1, 0.15) is 40.7 Å². The van der Waals surface area contributed by atoms with Crippen LogP contribution in [-0.4, -0.2) is 35.4 Å². The van der Waals surface area contributed by atoms with E-state index in [-0.39, 0.29) is 24.3 Å². The van der Waals surface area contributed by atoms with Crippen molar-refractivity contribution >= 4 is 23.5 Å². The molecule has 0 fully saturated rings. The van der Waals surface area contributed by atoms with Crippen molar-refractivity contribution in [3.05, 3.63) is 75.3 Å². The molecule has 2 aromatic rings. The molecule has 0 unspecified atom stereocenters. The number of esters is 1. The van der Waals surface area contributed by atoms with Crippen LogP contribution in [0.2, 0.25) is 0 Å². The average Bonchev–Trinajstić information content (AvgIpc) is 2.76. The van der Waals surface area contributed by atoms with E-state index in [0.717, 1.165) is 0 Å². The molecule has 2 amide bonds. The Morgan fingerprint density at radius 1 is 1.16 bits per heavy atom. The Bertz CT molecular complexity index is 1010. The van der Waals surface area contributed by atoms with Crippen molar-refractivity contribution in [3.63, 3.8) is 0 Å². The third-order valence-electron chi connectivity index (χ3n) is 4.50. The molecule has 2 rings (SSSR count). The fourth-order valence-corrected chi connectivity index (χ4v) is 2.96. The number of nitrogens with one attached hydrogen (secondary N) is 1. The number of rotatable bonds is 9. The summed E-state index contributed by atoms with van der Waals surface area (Å²) in [5, 5.41) is 22.3. The Kier molecular flexibility index (Phi) is 7.80. The lowest BCUT2D eigenvalue weighted by Crippen LogP contribution is -2.48. The number of non-ortho nitro benzene ring substituents is 1. The van der Waals surface area contributed by atoms with Crippen molar-refractivity contribution in [3.8, 4) is 6.07 Å². The quantitative estimate of drug-likeness (QED) is 0.352. The summed E-state index contributed by atoms with van der Waals surface area (Å²) in [6, 6.07) is 11.6. The molecule has 31 heavy (non-hydrogen) atoms. The summed E-state index contributed by atoms with van der Waals surface area (Å²) in [5.41, 5.74) is 6.28. The van der Waals surface area contributed by atoms with Crippen LogP contribution in [0.5, 0.6) is 0 Å². The zero-order valence-electron chi connectivity index (χ0n) is 16.6. The van der Waals surface area contributed by atoms with Crippen LogP contribution in [0.25, 0.3) is 0 Å². The Labute approximate surface area is 177 Å². The van der Waals surface area contributed by atoms with Gasteiger partial charge in [-0.25, -0.2) is 0 Å². The van der Waals surface area contributed by atoms with Gasteiger partial charge in [0.1, 0.15) is 6.04 Å². The SMILES string of the molecule is CCOC(=O)C[C@@H](c1ccc([N+](=O)[O-])cc1)[C@H](NC(=O)c1ccc(C#N)cc1)C(N)=O. The van der Waals surface area contributed by atoms with Crippen LogP contribution in [0.4, 0.5) is 5.69 Å². The van der Waals surface area contributed by atoms with Gasteiger partial charge in [0.05, 0.1) is 29.6 Å². The number of hydrogen-bond donors (Lipinski definition) is 2. The maximum atomic E-state index is 12.6. The molecular weight excluding hydrogens is 404 g/mol. The van der Waals surface area contributed by atoms with Crippen molar-refractivity contribution in [2.24, 2.45) is 5.73 Å². The van der Waals surface area contributed by atoms with Gasteiger partial charge in [-0.3, -0.25) is 24.5 Å². The van der Waals surface area contributed by atoms with E-state index in [1.165, 1.54) is 48.5 Å². The zero-order valence-corrected chi connectivity index (χ0v) is 16.6. The third kappa shape index (κ3) is 6.11. The molecule has 0 aromatic heterocycles. The number of nitrogens with zero attached hydrogens (tertiary/aromatic N) is 2. The predicted octanol–water partition coefficient (Wildman–Crippen LogP) is 1.79. The van der Waals surface area contributed by atoms with E-state index in [0.29, 0.717) is 11.1 Å². The van der Waals surface area contributed by atoms with E-state index in [9.17, 15) is 24.5 Å². The van der Waals surface area contributed by atoms with Gasteiger partial charge in [0.25, 0.3) is 11.6 Å². The minimum atomic E-state index is -1.30. The van der Waals surface area contributed by atoms with Crippen LogP contribution in [-0.2, 0) is 14.3 Å². The van der Waals surface area contributed by atoms with E-state index < -0.39 is 34.7 Å². The number of benzene rings is 2. The molecular formula is C21H20N4O6. The second-order valence-corrected chi connectivity index (χ2v) is 6.51. The van der Waals surface area contributed by atoms with E-state index in [1.54, 1.807) is 6.92 Å². The number of nitrogens with two attached hydrogens (primary N) is 1. The highest BCUT2D eigenvalue weighted by atomic mass is 16.6. The van der Waals surface area contributed by atoms with Gasteiger partial charge in [0, 0.05) is 23.6 Å². The highest BCUT2D eigenvalue weighted by Crippen LogP contribution is 2.27. The molecule has 0 spiro atoms. The highest BCUT2D eigenvalue weighted by Gasteiger charge is 2.32. The largest absolute Gasteiger partial charge is 0.466 e. The van der Waals surface area contributed by atoms with Gasteiger partial charge >= 0.3 is 5.97 Å². The number of ether oxygens (including phenoxy) is 1. The molecule has 0 saturated heterocycles. The molecule has 2 atom stereocenters. The lowest BCUT2D eigenvalue weighted by atomic mass is 9.87. The van der Waals surface area contributed by atoms with Crippen LogP contribution in [0, 0.1) is 21.4 Å². The van der Waals surface area contributed by atoms with Gasteiger partial charge in [0.2, 0.25) is 5.91 Å². The summed E-state index contributed by atoms with van der Waals surface area (Å²) in [4.78, 5) is 47.3. The fourth-order valence-electron chi connectivity index (χ4n) is 2.96. The number of carbonyl (C=O) groups excluding carboxylic acids is 3. The van der Waals surface area contributed by atoms with Crippen LogP contribution in [0.15, 0.2) is 48.5 Å². The van der Waals surface area contributed by atoms with Crippen LogP contribution >= 0.6 is 0 Å². The highest BCUT2D eigenvalue weighted by molar-refractivity contribution is 5.97. The van der Waals surface area contributed by atoms with Gasteiger partial charge in [-0.05, 0) is 36.8 Å². The van der Waals surface area contributed by atoms with Crippen LogP contribution in [0.3, 0.4) is 0 Å². The van der Waals surface area contributed by atoms with Crippen LogP contribution < -0.4 is 11.1 Å². The van der Waals surface area contributed by atoms with E-state index in [4.69, 9.17) is 15.7 Å². The standard InChI is InChI=1S/C21H20N4O6/c1-2-31-18(26)11-17(14-7-9-16(10-8-14)25(29)30)19(20(23)27)24-21(28)15-5-3-13(12-22)4-6-15/h3-10,17,19H,2,11H2,1H3,(H2,23,27)(H,24,28)/t17-,19-/m0/s1. The maximum absolute atomic E-state index is 12.6. The number of nitriles is 1. The van der Waals surface area contributed by atoms with Gasteiger partial charge in [0.15, 0.2) is 0 Å². The number of amides is 2. The Morgan fingerprint density at radius 2 is 1.77 bits per heavy atom. The number of carbonyl (C=O) groups is 3. The number of nitro benzene ring substituents is 1. The lowest BCUT2D eigenvalue weighted by molar-refractivity contribution is -0.384. The number of primary amides is 1. The summed E-state index contributed by atoms with van der Waals surface area (Å²) in [6.07, 6.45) is -0.285. The van der Waals surface area contributed by atoms with Crippen molar-refractivity contribution in [2.45, 2.75) is 25.3 Å². The van der Waals surface area contributed by atoms with Gasteiger partial charge in [-0.15, -0.1) is 0 Å². The first-order chi connectivity index (χ1) is 14.8. The Morgan fingerprint density at radius 3 is 2.26 bits per heavy atom. The molecule has 0 bridgehead atoms. The second kappa shape index (κ2) is 10.5. The minimum Gasteiger partial charge on any atom is -0.466 e. The molecule has 160 valence electrons. The Hall–Kier alpha value is -4.26. The van der Waals surface area contributed by atoms with Crippen molar-refractivity contribution in [1.29, 1.82) is 5.26 Å². The monoisotopic (exact) mass is 424 g/mol. The van der Waals surface area contributed by atoms with E-state index >= 15 is 0 Å². The first-order valence-corrected chi connectivity index (χ1v) is 9.27. The summed E-state index contributed by atoms with van der Waals surface area (Å²) in [7, 11) is 0. The molecule has 10 heteroatoms. The predicted molar refractivity (Wildman–Crippen MR) is 109 cm³/mol. The van der Waals surface area contributed by atoms with Crippen molar-refractivity contribution in [1.82, 2.24) is 5.32 Å². The van der Waals surface area contributed by atoms with Crippen molar-refractivity contribution < 1.29 is 24.0 Å². The Balaban J connectivity index is 2.36. The summed E-state index contributed by atoms with van der Waals surface area (Å²) < 4.78 is 4.96. The summed E-state index contributed by atoms with van der Waals surface area (Å²) >= 11 is 0. The topological polar surface area (TPSA) is 165 Å². The molecule has 0 aliphatic carbocycles. The number of hydrogen-bond acceptors (Lipinski definition) is 7. The second-order valence-electron chi connectivity index (χ2n) is 6.51. The van der Waals surface area contributed by atoms with E-state index in [1.807, 2.05) is 6.07 Å². The smallest absolute Gasteiger partial charge is 0.306 e. The normalized spacial score (nSPS) is 12.1. The lowest BCUT2D eigenvalue weighted by Gasteiger charge is -2.25. The average molecular weight is 424 g/mol. The first kappa shape index (κ1) is 23.0. The minimum absolute atomic E-state index is 0.116. The first-order valence-electron chi connectivity index (χ1n) is 9.27. The molecule has 10 nitrogen and oxygen atoms in total. The molecule has 0 heterocycles. The van der Waals surface area contributed by atoms with Gasteiger partial charge in [-0.2, -0.15) is 5.26 Å². The zero-order chi connectivity index (χ0) is 23.0. The number of nitro groups is 1. The molecule has 3 N–H and O–H groups in total. The summed E-state index contributed by atoms with van der Waals surface area (Å²) in [6.45, 7) is 1.74. The molecule has 0 aliphatic heterocycles. The summed E-state index contributed by atoms with van der Waals surface area (Å²) in [5.74, 6) is -3.07. The van der Waals surface area contributed by atoms with E-state index in [2.05, 4.69) is 5.32 Å². The van der Waals surface area contributed by atoms with Gasteiger partial charge in [-0.1, -0.05) is 12.1 Å². The van der Waals surface area contributed by atoms with Crippen molar-refractivity contribution in [2.75, 3.05) is 6.61 Å². The molecule has 0 saturated carbocycles. The third-order valence-corrected chi connectivity index (χ3v) is 4.50.